The number of amides is 2. The lowest BCUT2D eigenvalue weighted by Crippen LogP contribution is -2.68. The molecule has 18 heavy (non-hydrogen) atoms. The molecule has 5 heteroatoms. The SMILES string of the molecule is O=C(NC1C(=O)N2C=CCS[C@@H]12)c1ccccc1. The summed E-state index contributed by atoms with van der Waals surface area (Å²) in [5.41, 5.74) is 0.583. The number of benzene rings is 1. The van der Waals surface area contributed by atoms with Gasteiger partial charge in [0.15, 0.2) is 0 Å². The molecule has 2 amide bonds. The summed E-state index contributed by atoms with van der Waals surface area (Å²) >= 11 is 1.67. The molecule has 0 aromatic heterocycles. The fraction of sp³-hybridized carbons (Fsp3) is 0.231. The van der Waals surface area contributed by atoms with E-state index in [0.29, 0.717) is 5.56 Å². The molecule has 1 unspecified atom stereocenters. The van der Waals surface area contributed by atoms with Crippen LogP contribution in [0.3, 0.4) is 0 Å². The summed E-state index contributed by atoms with van der Waals surface area (Å²) in [6.45, 7) is 0. The molecular formula is C13H12N2O2S. The lowest BCUT2D eigenvalue weighted by atomic mass is 10.1. The van der Waals surface area contributed by atoms with Gasteiger partial charge in [0.2, 0.25) is 0 Å². The van der Waals surface area contributed by atoms with Gasteiger partial charge in [0.05, 0.1) is 0 Å². The van der Waals surface area contributed by atoms with Crippen molar-refractivity contribution >= 4 is 23.6 Å². The van der Waals surface area contributed by atoms with Crippen LogP contribution in [0.4, 0.5) is 0 Å². The first-order chi connectivity index (χ1) is 8.77. The van der Waals surface area contributed by atoms with Gasteiger partial charge in [0.25, 0.3) is 11.8 Å². The minimum absolute atomic E-state index is 0.0345. The molecule has 1 fully saturated rings. The molecule has 3 rings (SSSR count). The number of hydrogen-bond acceptors (Lipinski definition) is 3. The minimum Gasteiger partial charge on any atom is -0.338 e. The van der Waals surface area contributed by atoms with Crippen LogP contribution < -0.4 is 5.32 Å². The monoisotopic (exact) mass is 260 g/mol. The van der Waals surface area contributed by atoms with E-state index in [-0.39, 0.29) is 17.2 Å². The molecule has 1 saturated heterocycles. The van der Waals surface area contributed by atoms with E-state index in [0.717, 1.165) is 5.75 Å². The maximum absolute atomic E-state index is 12.0. The molecular weight excluding hydrogens is 248 g/mol. The first-order valence-corrected chi connectivity index (χ1v) is 6.78. The van der Waals surface area contributed by atoms with Gasteiger partial charge in [0, 0.05) is 17.5 Å². The molecule has 0 radical (unpaired) electrons. The van der Waals surface area contributed by atoms with E-state index in [1.54, 1.807) is 35.0 Å². The number of hydrogen-bond donors (Lipinski definition) is 1. The number of rotatable bonds is 2. The van der Waals surface area contributed by atoms with E-state index in [9.17, 15) is 9.59 Å². The van der Waals surface area contributed by atoms with Crippen molar-refractivity contribution in [1.29, 1.82) is 0 Å². The molecule has 2 atom stereocenters. The van der Waals surface area contributed by atoms with Crippen LogP contribution in [0.25, 0.3) is 0 Å². The van der Waals surface area contributed by atoms with Crippen molar-refractivity contribution in [1.82, 2.24) is 10.2 Å². The summed E-state index contributed by atoms with van der Waals surface area (Å²) in [6, 6.07) is 8.56. The predicted molar refractivity (Wildman–Crippen MR) is 69.9 cm³/mol. The van der Waals surface area contributed by atoms with Crippen molar-refractivity contribution in [2.45, 2.75) is 11.4 Å². The maximum atomic E-state index is 12.0. The third-order valence-electron chi connectivity index (χ3n) is 3.03. The number of β-lactam (4-membered cyclic amide) rings is 1. The van der Waals surface area contributed by atoms with Crippen molar-refractivity contribution in [3.8, 4) is 0 Å². The molecule has 0 aliphatic carbocycles. The van der Waals surface area contributed by atoms with E-state index in [1.165, 1.54) is 0 Å². The van der Waals surface area contributed by atoms with Gasteiger partial charge < -0.3 is 10.2 Å². The van der Waals surface area contributed by atoms with E-state index in [1.807, 2.05) is 24.3 Å². The Kier molecular flexibility index (Phi) is 2.83. The van der Waals surface area contributed by atoms with E-state index < -0.39 is 6.04 Å². The standard InChI is InChI=1S/C13H12N2O2S/c16-11(9-5-2-1-3-6-9)14-10-12(17)15-7-4-8-18-13(10)15/h1-7,10,13H,8H2,(H,14,16)/t10?,13-/m0/s1. The average molecular weight is 260 g/mol. The summed E-state index contributed by atoms with van der Waals surface area (Å²) in [7, 11) is 0. The molecule has 2 aliphatic heterocycles. The quantitative estimate of drug-likeness (QED) is 0.813. The Balaban J connectivity index is 1.69. The fourth-order valence-electron chi connectivity index (χ4n) is 2.08. The Bertz CT molecular complexity index is 515. The first-order valence-electron chi connectivity index (χ1n) is 5.74. The highest BCUT2D eigenvalue weighted by Gasteiger charge is 2.48. The zero-order valence-electron chi connectivity index (χ0n) is 9.58. The molecule has 1 aromatic rings. The molecule has 0 saturated carbocycles. The molecule has 0 spiro atoms. The smallest absolute Gasteiger partial charge is 0.253 e. The number of nitrogens with one attached hydrogen (secondary N) is 1. The van der Waals surface area contributed by atoms with E-state index in [4.69, 9.17) is 0 Å². The lowest BCUT2D eigenvalue weighted by Gasteiger charge is -2.46. The molecule has 1 aromatic carbocycles. The summed E-state index contributed by atoms with van der Waals surface area (Å²) < 4.78 is 0. The van der Waals surface area contributed by atoms with Gasteiger partial charge in [-0.25, -0.2) is 0 Å². The van der Waals surface area contributed by atoms with Gasteiger partial charge in [-0.3, -0.25) is 9.59 Å². The summed E-state index contributed by atoms with van der Waals surface area (Å²) in [5.74, 6) is 0.656. The van der Waals surface area contributed by atoms with Crippen LogP contribution in [-0.4, -0.2) is 33.9 Å². The highest BCUT2D eigenvalue weighted by atomic mass is 32.2. The fourth-order valence-corrected chi connectivity index (χ4v) is 3.19. The van der Waals surface area contributed by atoms with Crippen LogP contribution in [0.15, 0.2) is 42.6 Å². The van der Waals surface area contributed by atoms with Gasteiger partial charge in [0.1, 0.15) is 11.4 Å². The number of thioether (sulfide) groups is 1. The molecule has 0 bridgehead atoms. The first kappa shape index (κ1) is 11.3. The van der Waals surface area contributed by atoms with Gasteiger partial charge in [-0.1, -0.05) is 24.3 Å². The third-order valence-corrected chi connectivity index (χ3v) is 4.26. The van der Waals surface area contributed by atoms with Crippen molar-refractivity contribution in [2.24, 2.45) is 0 Å². The van der Waals surface area contributed by atoms with Gasteiger partial charge >= 0.3 is 0 Å². The van der Waals surface area contributed by atoms with Crippen LogP contribution in [0.5, 0.6) is 0 Å². The minimum atomic E-state index is -0.396. The van der Waals surface area contributed by atoms with Gasteiger partial charge in [-0.05, 0) is 12.1 Å². The molecule has 2 aliphatic rings. The third kappa shape index (κ3) is 1.80. The maximum Gasteiger partial charge on any atom is 0.253 e. The van der Waals surface area contributed by atoms with Crippen LogP contribution in [0, 0.1) is 0 Å². The Morgan fingerprint density at radius 1 is 1.33 bits per heavy atom. The molecule has 2 heterocycles. The van der Waals surface area contributed by atoms with Crippen LogP contribution >= 0.6 is 11.8 Å². The Morgan fingerprint density at radius 2 is 2.11 bits per heavy atom. The van der Waals surface area contributed by atoms with E-state index >= 15 is 0 Å². The molecule has 4 nitrogen and oxygen atoms in total. The average Bonchev–Trinajstić information content (AvgIpc) is 2.45. The lowest BCUT2D eigenvalue weighted by molar-refractivity contribution is -0.141. The zero-order valence-corrected chi connectivity index (χ0v) is 10.4. The van der Waals surface area contributed by atoms with Crippen LogP contribution in [-0.2, 0) is 4.79 Å². The van der Waals surface area contributed by atoms with Crippen molar-refractivity contribution in [3.05, 3.63) is 48.2 Å². The van der Waals surface area contributed by atoms with Gasteiger partial charge in [-0.15, -0.1) is 11.8 Å². The normalized spacial score (nSPS) is 25.3. The largest absolute Gasteiger partial charge is 0.338 e. The second-order valence-electron chi connectivity index (χ2n) is 4.17. The number of fused-ring (bicyclic) bond motifs is 1. The highest BCUT2D eigenvalue weighted by molar-refractivity contribution is 8.00. The summed E-state index contributed by atoms with van der Waals surface area (Å²) in [5, 5.41) is 2.85. The second-order valence-corrected chi connectivity index (χ2v) is 5.32. The number of carbonyl (C=O) groups is 2. The Morgan fingerprint density at radius 3 is 2.89 bits per heavy atom. The van der Waals surface area contributed by atoms with Crippen molar-refractivity contribution in [3.63, 3.8) is 0 Å². The molecule has 92 valence electrons. The van der Waals surface area contributed by atoms with Crippen molar-refractivity contribution in [2.75, 3.05) is 5.75 Å². The van der Waals surface area contributed by atoms with Crippen LogP contribution in [0.2, 0.25) is 0 Å². The Hall–Kier alpha value is -1.75. The number of nitrogens with zero attached hydrogens (tertiary/aromatic N) is 1. The van der Waals surface area contributed by atoms with Crippen molar-refractivity contribution < 1.29 is 9.59 Å². The number of carbonyl (C=O) groups excluding carboxylic acids is 2. The van der Waals surface area contributed by atoms with Gasteiger partial charge in [-0.2, -0.15) is 0 Å². The Labute approximate surface area is 109 Å². The predicted octanol–water partition coefficient (Wildman–Crippen LogP) is 1.21. The van der Waals surface area contributed by atoms with Crippen LogP contribution in [0.1, 0.15) is 10.4 Å². The molecule has 1 N–H and O–H groups in total. The topological polar surface area (TPSA) is 49.4 Å². The zero-order chi connectivity index (χ0) is 12.5. The second kappa shape index (κ2) is 4.49. The summed E-state index contributed by atoms with van der Waals surface area (Å²) in [6.07, 6.45) is 3.75. The summed E-state index contributed by atoms with van der Waals surface area (Å²) in [4.78, 5) is 25.4. The van der Waals surface area contributed by atoms with E-state index in [2.05, 4.69) is 5.32 Å². The highest BCUT2D eigenvalue weighted by Crippen LogP contribution is 2.33.